The number of pyridine rings is 1. The molecule has 1 fully saturated rings. The van der Waals surface area contributed by atoms with Gasteiger partial charge in [0.1, 0.15) is 17.7 Å². The predicted molar refractivity (Wildman–Crippen MR) is 100 cm³/mol. The molecule has 0 bridgehead atoms. The van der Waals surface area contributed by atoms with E-state index in [1.54, 1.807) is 12.4 Å². The molecule has 1 N–H and O–H groups in total. The van der Waals surface area contributed by atoms with E-state index in [-0.39, 0.29) is 17.9 Å². The average molecular weight is 357 g/mol. The van der Waals surface area contributed by atoms with Gasteiger partial charge in [-0.05, 0) is 13.0 Å². The fraction of sp³-hybridized carbons (Fsp3) is 0.526. The summed E-state index contributed by atoms with van der Waals surface area (Å²) in [4.78, 5) is 23.8. The molecule has 0 spiro atoms. The van der Waals surface area contributed by atoms with Crippen LogP contribution in [0.2, 0.25) is 0 Å². The van der Waals surface area contributed by atoms with Gasteiger partial charge in [0.05, 0.1) is 13.2 Å². The van der Waals surface area contributed by atoms with E-state index in [1.165, 1.54) is 0 Å². The molecule has 0 aromatic carbocycles. The molecule has 3 heterocycles. The third kappa shape index (κ3) is 4.04. The maximum Gasteiger partial charge on any atom is 0.243 e. The average Bonchev–Trinajstić information content (AvgIpc) is 3.16. The van der Waals surface area contributed by atoms with Crippen molar-refractivity contribution in [2.45, 2.75) is 39.3 Å². The van der Waals surface area contributed by atoms with Crippen LogP contribution in [0, 0.1) is 0 Å². The number of carbonyl (C=O) groups excluding carboxylic acids is 1. The van der Waals surface area contributed by atoms with E-state index in [2.05, 4.69) is 34.0 Å². The molecule has 140 valence electrons. The van der Waals surface area contributed by atoms with Crippen molar-refractivity contribution in [3.05, 3.63) is 42.1 Å². The molecule has 1 atom stereocenters. The Morgan fingerprint density at radius 1 is 1.23 bits per heavy atom. The van der Waals surface area contributed by atoms with Crippen molar-refractivity contribution < 1.29 is 9.53 Å². The molecule has 2 aromatic heterocycles. The van der Waals surface area contributed by atoms with E-state index in [0.717, 1.165) is 30.3 Å². The number of nitrogens with zero attached hydrogens (tertiary/aromatic N) is 4. The van der Waals surface area contributed by atoms with E-state index in [1.807, 2.05) is 29.8 Å². The number of nitrogens with one attached hydrogen (secondary N) is 1. The molecule has 7 nitrogen and oxygen atoms in total. The minimum Gasteiger partial charge on any atom is -0.378 e. The van der Waals surface area contributed by atoms with Gasteiger partial charge in [-0.3, -0.25) is 4.79 Å². The van der Waals surface area contributed by atoms with E-state index >= 15 is 0 Å². The maximum absolute atomic E-state index is 12.7. The van der Waals surface area contributed by atoms with Gasteiger partial charge in [-0.15, -0.1) is 0 Å². The number of morpholine rings is 1. The lowest BCUT2D eigenvalue weighted by molar-refractivity contribution is -0.124. The first-order valence-corrected chi connectivity index (χ1v) is 9.15. The number of amides is 1. The van der Waals surface area contributed by atoms with Gasteiger partial charge in [0.2, 0.25) is 5.91 Å². The molecule has 1 amide bonds. The van der Waals surface area contributed by atoms with Gasteiger partial charge in [-0.25, -0.2) is 9.97 Å². The van der Waals surface area contributed by atoms with Crippen LogP contribution in [0.4, 0.5) is 5.82 Å². The monoisotopic (exact) mass is 357 g/mol. The predicted octanol–water partition coefficient (Wildman–Crippen LogP) is 2.12. The molecule has 26 heavy (non-hydrogen) atoms. The van der Waals surface area contributed by atoms with Crippen LogP contribution in [0.5, 0.6) is 0 Å². The number of carbonyl (C=O) groups is 1. The Labute approximate surface area is 154 Å². The first kappa shape index (κ1) is 18.4. The number of aromatic nitrogens is 3. The molecular weight excluding hydrogens is 330 g/mol. The number of ether oxygens (including phenoxy) is 1. The first-order chi connectivity index (χ1) is 12.6. The van der Waals surface area contributed by atoms with Crippen molar-refractivity contribution in [2.75, 3.05) is 31.2 Å². The number of anilines is 1. The van der Waals surface area contributed by atoms with Crippen molar-refractivity contribution in [1.82, 2.24) is 19.9 Å². The zero-order valence-electron chi connectivity index (χ0n) is 15.7. The molecular formula is C19H27N5O2. The van der Waals surface area contributed by atoms with Crippen LogP contribution in [0.25, 0.3) is 0 Å². The van der Waals surface area contributed by atoms with Gasteiger partial charge in [-0.1, -0.05) is 19.9 Å². The summed E-state index contributed by atoms with van der Waals surface area (Å²) < 4.78 is 7.35. The molecule has 3 rings (SSSR count). The second kappa shape index (κ2) is 8.31. The van der Waals surface area contributed by atoms with Crippen LogP contribution in [0.1, 0.15) is 44.1 Å². The van der Waals surface area contributed by atoms with Crippen LogP contribution in [-0.2, 0) is 16.1 Å². The largest absolute Gasteiger partial charge is 0.378 e. The van der Waals surface area contributed by atoms with Crippen LogP contribution < -0.4 is 10.2 Å². The first-order valence-electron chi connectivity index (χ1n) is 9.15. The summed E-state index contributed by atoms with van der Waals surface area (Å²) in [5, 5.41) is 3.05. The highest BCUT2D eigenvalue weighted by Gasteiger charge is 2.20. The van der Waals surface area contributed by atoms with Gasteiger partial charge < -0.3 is 19.5 Å². The fourth-order valence-electron chi connectivity index (χ4n) is 3.18. The lowest BCUT2D eigenvalue weighted by Crippen LogP contribution is -2.38. The van der Waals surface area contributed by atoms with Gasteiger partial charge >= 0.3 is 0 Å². The van der Waals surface area contributed by atoms with Crippen LogP contribution in [0.15, 0.2) is 30.7 Å². The molecule has 1 aliphatic rings. The van der Waals surface area contributed by atoms with E-state index in [0.29, 0.717) is 19.8 Å². The zero-order chi connectivity index (χ0) is 18.5. The Kier molecular flexibility index (Phi) is 5.88. The minimum absolute atomic E-state index is 0.0262. The summed E-state index contributed by atoms with van der Waals surface area (Å²) >= 11 is 0. The Morgan fingerprint density at radius 3 is 2.73 bits per heavy atom. The van der Waals surface area contributed by atoms with Crippen LogP contribution in [0.3, 0.4) is 0 Å². The summed E-state index contributed by atoms with van der Waals surface area (Å²) in [6, 6.07) is 3.61. The third-order valence-corrected chi connectivity index (χ3v) is 4.64. The third-order valence-electron chi connectivity index (χ3n) is 4.64. The van der Waals surface area contributed by atoms with Crippen molar-refractivity contribution in [1.29, 1.82) is 0 Å². The molecule has 2 aromatic rings. The molecule has 0 radical (unpaired) electrons. The Hall–Kier alpha value is -2.41. The van der Waals surface area contributed by atoms with Crippen LogP contribution in [-0.4, -0.2) is 46.7 Å². The summed E-state index contributed by atoms with van der Waals surface area (Å²) in [6.45, 7) is 9.56. The van der Waals surface area contributed by atoms with Crippen molar-refractivity contribution in [3.8, 4) is 0 Å². The fourth-order valence-corrected chi connectivity index (χ4v) is 3.18. The topological polar surface area (TPSA) is 72.3 Å². The van der Waals surface area contributed by atoms with Gasteiger partial charge in [0.25, 0.3) is 0 Å². The lowest BCUT2D eigenvalue weighted by atomic mass is 10.2. The summed E-state index contributed by atoms with van der Waals surface area (Å²) in [5.41, 5.74) is 1.02. The molecule has 1 aliphatic heterocycles. The van der Waals surface area contributed by atoms with Crippen LogP contribution >= 0.6 is 0 Å². The van der Waals surface area contributed by atoms with Crippen molar-refractivity contribution in [3.63, 3.8) is 0 Å². The highest BCUT2D eigenvalue weighted by Crippen LogP contribution is 2.20. The minimum atomic E-state index is -0.307. The maximum atomic E-state index is 12.7. The number of hydrogen-bond acceptors (Lipinski definition) is 5. The smallest absolute Gasteiger partial charge is 0.243 e. The number of rotatable bonds is 6. The molecule has 1 unspecified atom stereocenters. The zero-order valence-corrected chi connectivity index (χ0v) is 15.7. The van der Waals surface area contributed by atoms with Crippen molar-refractivity contribution in [2.24, 2.45) is 0 Å². The Bertz CT molecular complexity index is 737. The second-order valence-electron chi connectivity index (χ2n) is 6.83. The number of imidazole rings is 1. The molecule has 0 saturated carbocycles. The second-order valence-corrected chi connectivity index (χ2v) is 6.83. The molecule has 1 saturated heterocycles. The molecule has 0 aliphatic carbocycles. The Balaban J connectivity index is 1.67. The highest BCUT2D eigenvalue weighted by molar-refractivity contribution is 5.80. The Morgan fingerprint density at radius 2 is 2.00 bits per heavy atom. The summed E-state index contributed by atoms with van der Waals surface area (Å²) in [7, 11) is 0. The molecule has 7 heteroatoms. The van der Waals surface area contributed by atoms with E-state index in [4.69, 9.17) is 4.74 Å². The SMILES string of the molecule is CC(C)c1nccn1C(C)C(=O)NCc1cccnc1N1CCOCC1. The van der Waals surface area contributed by atoms with E-state index < -0.39 is 0 Å². The lowest BCUT2D eigenvalue weighted by Gasteiger charge is -2.29. The van der Waals surface area contributed by atoms with Gasteiger partial charge in [-0.2, -0.15) is 0 Å². The number of hydrogen-bond donors (Lipinski definition) is 1. The quantitative estimate of drug-likeness (QED) is 0.857. The standard InChI is InChI=1S/C19H27N5O2/c1-14(2)17-21-7-8-24(17)15(3)19(25)22-13-16-5-4-6-20-18(16)23-9-11-26-12-10-23/h4-8,14-15H,9-13H2,1-3H3,(H,22,25). The summed E-state index contributed by atoms with van der Waals surface area (Å²) in [6.07, 6.45) is 5.40. The van der Waals surface area contributed by atoms with Crippen molar-refractivity contribution >= 4 is 11.7 Å². The van der Waals surface area contributed by atoms with Gasteiger partial charge in [0, 0.05) is 49.7 Å². The van der Waals surface area contributed by atoms with Gasteiger partial charge in [0.15, 0.2) is 0 Å². The van der Waals surface area contributed by atoms with E-state index in [9.17, 15) is 4.79 Å². The normalized spacial score (nSPS) is 15.9. The highest BCUT2D eigenvalue weighted by atomic mass is 16.5. The summed E-state index contributed by atoms with van der Waals surface area (Å²) in [5.74, 6) is 2.09.